The first kappa shape index (κ1) is 50.9. The lowest BCUT2D eigenvalue weighted by Crippen LogP contribution is -2.29. The molecule has 0 fully saturated rings. The van der Waals surface area contributed by atoms with Gasteiger partial charge in [0.1, 0.15) is 6.10 Å². The number of esters is 2. The standard InChI is InChI=1S/C46H91NO5/c1-6-9-12-15-18-24-31-42-51-44(49)34-27-22-19-23-29-38-47(40-41-48)39-30-28-36-46(4,5)37-35-45(50)52-43(32-25-20-16-13-10-7-2)33-26-21-17-14-11-8-3/h43,48H,6-42H2,1-5H3. The van der Waals surface area contributed by atoms with Crippen LogP contribution >= 0.6 is 0 Å². The zero-order valence-electron chi connectivity index (χ0n) is 35.8. The van der Waals surface area contributed by atoms with Crippen molar-refractivity contribution in [1.29, 1.82) is 0 Å². The van der Waals surface area contributed by atoms with Crippen molar-refractivity contribution in [3.63, 3.8) is 0 Å². The fraction of sp³-hybridized carbons (Fsp3) is 0.957. The maximum atomic E-state index is 13.0. The molecule has 1 N–H and O–H groups in total. The zero-order chi connectivity index (χ0) is 38.4. The predicted molar refractivity (Wildman–Crippen MR) is 223 cm³/mol. The molecule has 6 nitrogen and oxygen atoms in total. The first-order valence-electron chi connectivity index (χ1n) is 23.0. The van der Waals surface area contributed by atoms with E-state index in [1.54, 1.807) is 0 Å². The summed E-state index contributed by atoms with van der Waals surface area (Å²) in [6.07, 6.45) is 36.9. The van der Waals surface area contributed by atoms with E-state index in [2.05, 4.69) is 39.5 Å². The van der Waals surface area contributed by atoms with Gasteiger partial charge < -0.3 is 19.5 Å². The van der Waals surface area contributed by atoms with Crippen molar-refractivity contribution in [3.05, 3.63) is 0 Å². The average Bonchev–Trinajstić information content (AvgIpc) is 3.12. The summed E-state index contributed by atoms with van der Waals surface area (Å²) in [5.41, 5.74) is 0.120. The molecule has 0 amide bonds. The largest absolute Gasteiger partial charge is 0.466 e. The Balaban J connectivity index is 4.19. The SMILES string of the molecule is CCCCCCCCCOC(=O)CCCCCCCN(CCO)CCCCC(C)(C)CCC(=O)OC(CCCCCCCC)CCCCCCCC. The van der Waals surface area contributed by atoms with Gasteiger partial charge in [0.25, 0.3) is 0 Å². The molecule has 0 unspecified atom stereocenters. The summed E-state index contributed by atoms with van der Waals surface area (Å²) in [7, 11) is 0. The molecule has 52 heavy (non-hydrogen) atoms. The number of aliphatic hydroxyl groups is 1. The van der Waals surface area contributed by atoms with Gasteiger partial charge in [0, 0.05) is 19.4 Å². The van der Waals surface area contributed by atoms with Crippen molar-refractivity contribution in [2.45, 2.75) is 246 Å². The molecule has 0 saturated heterocycles. The van der Waals surface area contributed by atoms with E-state index in [-0.39, 0.29) is 30.1 Å². The van der Waals surface area contributed by atoms with Gasteiger partial charge in [0.05, 0.1) is 13.2 Å². The second kappa shape index (κ2) is 38.1. The van der Waals surface area contributed by atoms with Gasteiger partial charge in [-0.05, 0) is 82.7 Å². The third-order valence-corrected chi connectivity index (χ3v) is 10.9. The minimum Gasteiger partial charge on any atom is -0.466 e. The summed E-state index contributed by atoms with van der Waals surface area (Å²) >= 11 is 0. The minimum absolute atomic E-state index is 0.00268. The number of ether oxygens (including phenoxy) is 2. The number of hydrogen-bond acceptors (Lipinski definition) is 6. The van der Waals surface area contributed by atoms with Gasteiger partial charge >= 0.3 is 11.9 Å². The van der Waals surface area contributed by atoms with Crippen molar-refractivity contribution in [3.8, 4) is 0 Å². The maximum Gasteiger partial charge on any atom is 0.306 e. The molecule has 0 radical (unpaired) electrons. The second-order valence-corrected chi connectivity index (χ2v) is 16.8. The molecular formula is C46H91NO5. The molecule has 0 aromatic rings. The van der Waals surface area contributed by atoms with Crippen LogP contribution in [0, 0.1) is 5.41 Å². The summed E-state index contributed by atoms with van der Waals surface area (Å²) in [5, 5.41) is 9.62. The highest BCUT2D eigenvalue weighted by Crippen LogP contribution is 2.30. The summed E-state index contributed by atoms with van der Waals surface area (Å²) in [6.45, 7) is 14.9. The van der Waals surface area contributed by atoms with Gasteiger partial charge in [-0.25, -0.2) is 0 Å². The minimum atomic E-state index is -0.0329. The topological polar surface area (TPSA) is 76.1 Å². The van der Waals surface area contributed by atoms with Crippen molar-refractivity contribution < 1.29 is 24.2 Å². The molecule has 0 rings (SSSR count). The third-order valence-electron chi connectivity index (χ3n) is 10.9. The second-order valence-electron chi connectivity index (χ2n) is 16.8. The quantitative estimate of drug-likeness (QED) is 0.0497. The van der Waals surface area contributed by atoms with Gasteiger partial charge in [0.2, 0.25) is 0 Å². The van der Waals surface area contributed by atoms with Crippen LogP contribution in [0.5, 0.6) is 0 Å². The van der Waals surface area contributed by atoms with E-state index in [4.69, 9.17) is 9.47 Å². The first-order valence-corrected chi connectivity index (χ1v) is 23.0. The van der Waals surface area contributed by atoms with Crippen LogP contribution in [0.15, 0.2) is 0 Å². The van der Waals surface area contributed by atoms with Gasteiger partial charge in [0.15, 0.2) is 0 Å². The molecule has 0 aliphatic heterocycles. The van der Waals surface area contributed by atoms with Crippen LogP contribution < -0.4 is 0 Å². The first-order chi connectivity index (χ1) is 25.3. The molecule has 0 atom stereocenters. The number of carbonyl (C=O) groups is 2. The van der Waals surface area contributed by atoms with Crippen LogP contribution in [-0.2, 0) is 19.1 Å². The molecule has 0 heterocycles. The fourth-order valence-electron chi connectivity index (χ4n) is 7.25. The molecule has 0 aromatic heterocycles. The molecule has 310 valence electrons. The van der Waals surface area contributed by atoms with Crippen LogP contribution in [0.1, 0.15) is 240 Å². The monoisotopic (exact) mass is 738 g/mol. The van der Waals surface area contributed by atoms with E-state index in [0.717, 1.165) is 96.7 Å². The highest BCUT2D eigenvalue weighted by molar-refractivity contribution is 5.69. The Hall–Kier alpha value is -1.14. The Morgan fingerprint density at radius 3 is 1.52 bits per heavy atom. The van der Waals surface area contributed by atoms with E-state index in [1.807, 2.05) is 0 Å². The van der Waals surface area contributed by atoms with Crippen molar-refractivity contribution in [2.24, 2.45) is 5.41 Å². The Morgan fingerprint density at radius 2 is 0.981 bits per heavy atom. The van der Waals surface area contributed by atoms with Crippen molar-refractivity contribution in [1.82, 2.24) is 4.90 Å². The molecule has 6 heteroatoms. The Bertz CT molecular complexity index is 756. The van der Waals surface area contributed by atoms with Gasteiger partial charge in [-0.15, -0.1) is 0 Å². The molecule has 0 saturated carbocycles. The Labute approximate surface area is 324 Å². The molecule has 0 aliphatic rings. The number of hydrogen-bond donors (Lipinski definition) is 1. The van der Waals surface area contributed by atoms with Crippen LogP contribution in [0.3, 0.4) is 0 Å². The summed E-state index contributed by atoms with van der Waals surface area (Å²) in [5.74, 6) is -0.0302. The van der Waals surface area contributed by atoms with Crippen LogP contribution in [0.4, 0.5) is 0 Å². The van der Waals surface area contributed by atoms with E-state index < -0.39 is 0 Å². The van der Waals surface area contributed by atoms with E-state index >= 15 is 0 Å². The third kappa shape index (κ3) is 35.9. The lowest BCUT2D eigenvalue weighted by molar-refractivity contribution is -0.150. The van der Waals surface area contributed by atoms with Gasteiger partial charge in [-0.2, -0.15) is 0 Å². The van der Waals surface area contributed by atoms with E-state index in [1.165, 1.54) is 116 Å². The molecule has 0 spiro atoms. The lowest BCUT2D eigenvalue weighted by atomic mass is 9.82. The average molecular weight is 738 g/mol. The van der Waals surface area contributed by atoms with Gasteiger partial charge in [-0.3, -0.25) is 9.59 Å². The van der Waals surface area contributed by atoms with E-state index in [0.29, 0.717) is 19.4 Å². The van der Waals surface area contributed by atoms with E-state index in [9.17, 15) is 14.7 Å². The van der Waals surface area contributed by atoms with Crippen LogP contribution in [-0.4, -0.2) is 60.9 Å². The fourth-order valence-corrected chi connectivity index (χ4v) is 7.25. The number of unbranched alkanes of at least 4 members (excludes halogenated alkanes) is 21. The highest BCUT2D eigenvalue weighted by Gasteiger charge is 2.21. The summed E-state index contributed by atoms with van der Waals surface area (Å²) < 4.78 is 11.5. The lowest BCUT2D eigenvalue weighted by Gasteiger charge is -2.26. The number of carbonyl (C=O) groups excluding carboxylic acids is 2. The Kier molecular flexibility index (Phi) is 37.3. The predicted octanol–water partition coefficient (Wildman–Crippen LogP) is 13.3. The number of rotatable bonds is 41. The molecule has 0 aromatic carbocycles. The maximum absolute atomic E-state index is 13.0. The molecular weight excluding hydrogens is 647 g/mol. The Morgan fingerprint density at radius 1 is 0.519 bits per heavy atom. The van der Waals surface area contributed by atoms with Gasteiger partial charge in [-0.1, -0.05) is 163 Å². The summed E-state index contributed by atoms with van der Waals surface area (Å²) in [4.78, 5) is 27.4. The highest BCUT2D eigenvalue weighted by atomic mass is 16.5. The number of aliphatic hydroxyl groups excluding tert-OH is 1. The van der Waals surface area contributed by atoms with Crippen LogP contribution in [0.2, 0.25) is 0 Å². The zero-order valence-corrected chi connectivity index (χ0v) is 35.8. The van der Waals surface area contributed by atoms with Crippen LogP contribution in [0.25, 0.3) is 0 Å². The smallest absolute Gasteiger partial charge is 0.306 e. The van der Waals surface area contributed by atoms with Crippen molar-refractivity contribution >= 4 is 11.9 Å². The summed E-state index contributed by atoms with van der Waals surface area (Å²) in [6, 6.07) is 0. The number of nitrogens with zero attached hydrogens (tertiary/aromatic N) is 1. The normalized spacial score (nSPS) is 11.9. The van der Waals surface area contributed by atoms with Crippen molar-refractivity contribution in [2.75, 3.05) is 32.8 Å². The molecule has 0 bridgehead atoms. The molecule has 0 aliphatic carbocycles.